The van der Waals surface area contributed by atoms with E-state index in [2.05, 4.69) is 97.7 Å². The van der Waals surface area contributed by atoms with Crippen molar-refractivity contribution in [2.24, 2.45) is 0 Å². The van der Waals surface area contributed by atoms with Crippen LogP contribution in [0.2, 0.25) is 0 Å². The van der Waals surface area contributed by atoms with Crippen molar-refractivity contribution in [1.29, 1.82) is 0 Å². The van der Waals surface area contributed by atoms with Crippen molar-refractivity contribution < 1.29 is 0 Å². The third-order valence-corrected chi connectivity index (χ3v) is 20.8. The molecule has 6 aromatic rings. The molecule has 0 aliphatic heterocycles. The zero-order valence-corrected chi connectivity index (χ0v) is 46.0. The molecule has 4 aliphatic carbocycles. The standard InChI is InChI=1S/C48H74S2.C16H10S2/c1-5-9-13-17-21-25-31-47(32-26-22-18-14-10-6-2)41-29-35-49-45(41)39-38-44-40(37-43(39)47)46-42(30-36-50-46)48(44,33-27-23-19-15-11-7-3)34-28-24-20-16-12-8-4;1-3-17-15-9(1)5-11-7-14-12(8-13(11)15)6-10-2-4-18-16(10)14/h29-30,35-38H,5-28,31-34H2,1-4H3;1-4,7-8H,5-6H2. The van der Waals surface area contributed by atoms with E-state index in [1.807, 2.05) is 45.3 Å². The van der Waals surface area contributed by atoms with Gasteiger partial charge in [0, 0.05) is 30.3 Å². The van der Waals surface area contributed by atoms with Crippen molar-refractivity contribution in [1.82, 2.24) is 0 Å². The van der Waals surface area contributed by atoms with Gasteiger partial charge >= 0.3 is 0 Å². The van der Waals surface area contributed by atoms with Crippen LogP contribution in [0.3, 0.4) is 0 Å². The highest BCUT2D eigenvalue weighted by atomic mass is 32.1. The number of fused-ring (bicyclic) bond motifs is 12. The zero-order valence-electron chi connectivity index (χ0n) is 42.8. The minimum Gasteiger partial charge on any atom is -0.144 e. The molecule has 0 saturated heterocycles. The highest BCUT2D eigenvalue weighted by molar-refractivity contribution is 7.15. The van der Waals surface area contributed by atoms with E-state index in [-0.39, 0.29) is 10.8 Å². The summed E-state index contributed by atoms with van der Waals surface area (Å²) in [6.07, 6.45) is 40.9. The third kappa shape index (κ3) is 10.4. The van der Waals surface area contributed by atoms with E-state index in [1.165, 1.54) is 223 Å². The number of hydrogen-bond donors (Lipinski definition) is 0. The average Bonchev–Trinajstić information content (AvgIpc) is 4.23. The summed E-state index contributed by atoms with van der Waals surface area (Å²) < 4.78 is 0. The number of unbranched alkanes of at least 4 members (excludes halogenated alkanes) is 20. The SMILES string of the molecule is CCCCCCCCC1(CCCCCCCC)c2cc3c(cc2-c2sccc21)C(CCCCCCCC)(CCCCCCCC)c1ccsc1-3.c1cc2c(s1)-c1cc3c(cc1C2)-c1sccc1C3. The molecular formula is C64H84S4. The smallest absolute Gasteiger partial charge is 0.0387 e. The van der Waals surface area contributed by atoms with Gasteiger partial charge in [0.05, 0.1) is 0 Å². The lowest BCUT2D eigenvalue weighted by atomic mass is 9.68. The van der Waals surface area contributed by atoms with Gasteiger partial charge in [-0.25, -0.2) is 0 Å². The number of rotatable bonds is 28. The molecule has 4 aliphatic rings. The van der Waals surface area contributed by atoms with Crippen LogP contribution in [-0.2, 0) is 23.7 Å². The largest absolute Gasteiger partial charge is 0.144 e. The van der Waals surface area contributed by atoms with E-state index in [4.69, 9.17) is 0 Å². The van der Waals surface area contributed by atoms with Crippen molar-refractivity contribution in [2.75, 3.05) is 0 Å². The third-order valence-electron chi connectivity index (χ3n) is 16.9. The van der Waals surface area contributed by atoms with Crippen molar-refractivity contribution in [3.8, 4) is 41.8 Å². The van der Waals surface area contributed by atoms with Crippen LogP contribution < -0.4 is 0 Å². The molecule has 0 N–H and O–H groups in total. The molecule has 2 aromatic carbocycles. The normalized spacial score (nSPS) is 14.8. The second-order valence-corrected chi connectivity index (χ2v) is 25.2. The van der Waals surface area contributed by atoms with Gasteiger partial charge in [0.1, 0.15) is 0 Å². The molecule has 0 spiro atoms. The van der Waals surface area contributed by atoms with Gasteiger partial charge < -0.3 is 0 Å². The topological polar surface area (TPSA) is 0 Å². The van der Waals surface area contributed by atoms with Crippen LogP contribution in [0.5, 0.6) is 0 Å². The Bertz CT molecular complexity index is 2310. The van der Waals surface area contributed by atoms with Gasteiger partial charge in [-0.1, -0.05) is 182 Å². The molecule has 0 radical (unpaired) electrons. The summed E-state index contributed by atoms with van der Waals surface area (Å²) in [4.78, 5) is 6.26. The van der Waals surface area contributed by atoms with Crippen LogP contribution in [0.25, 0.3) is 41.8 Å². The molecular weight excluding hydrogens is 897 g/mol. The molecule has 4 heteroatoms. The first-order valence-corrected chi connectivity index (χ1v) is 31.7. The predicted molar refractivity (Wildman–Crippen MR) is 305 cm³/mol. The molecule has 0 bridgehead atoms. The summed E-state index contributed by atoms with van der Waals surface area (Å²) in [7, 11) is 0. The van der Waals surface area contributed by atoms with Gasteiger partial charge in [-0.15, -0.1) is 45.3 Å². The van der Waals surface area contributed by atoms with Gasteiger partial charge in [0.15, 0.2) is 0 Å². The van der Waals surface area contributed by atoms with Crippen LogP contribution in [0, 0.1) is 0 Å². The van der Waals surface area contributed by atoms with Crippen LogP contribution in [0.1, 0.15) is 252 Å². The molecule has 364 valence electrons. The fourth-order valence-electron chi connectivity index (χ4n) is 13.2. The fourth-order valence-corrected chi connectivity index (χ4v) is 17.2. The quantitative estimate of drug-likeness (QED) is 0.0429. The lowest BCUT2D eigenvalue weighted by Crippen LogP contribution is -2.27. The van der Waals surface area contributed by atoms with Crippen molar-refractivity contribution >= 4 is 45.3 Å². The molecule has 0 fully saturated rings. The first-order chi connectivity index (χ1) is 33.6. The van der Waals surface area contributed by atoms with Gasteiger partial charge in [-0.05, 0) is 175 Å². The van der Waals surface area contributed by atoms with Gasteiger partial charge in [-0.3, -0.25) is 0 Å². The van der Waals surface area contributed by atoms with E-state index < -0.39 is 0 Å². The maximum absolute atomic E-state index is 2.81. The molecule has 10 rings (SSSR count). The Hall–Kier alpha value is -2.76. The Labute approximate surface area is 429 Å². The Morgan fingerprint density at radius 1 is 0.309 bits per heavy atom. The zero-order chi connectivity index (χ0) is 46.8. The average molecular weight is 982 g/mol. The Kier molecular flexibility index (Phi) is 17.8. The van der Waals surface area contributed by atoms with Crippen molar-refractivity contribution in [3.05, 3.63) is 115 Å². The lowest BCUT2D eigenvalue weighted by Gasteiger charge is -2.34. The Morgan fingerprint density at radius 2 is 0.618 bits per heavy atom. The molecule has 4 heterocycles. The summed E-state index contributed by atoms with van der Waals surface area (Å²) >= 11 is 7.88. The lowest BCUT2D eigenvalue weighted by molar-refractivity contribution is 0.395. The molecule has 4 aromatic heterocycles. The van der Waals surface area contributed by atoms with Gasteiger partial charge in [0.25, 0.3) is 0 Å². The minimum absolute atomic E-state index is 0.205. The first-order valence-electron chi connectivity index (χ1n) is 28.2. The van der Waals surface area contributed by atoms with Crippen LogP contribution in [-0.4, -0.2) is 0 Å². The maximum atomic E-state index is 2.81. The van der Waals surface area contributed by atoms with E-state index in [0.29, 0.717) is 0 Å². The molecule has 0 amide bonds. The number of thiophene rings is 4. The highest BCUT2D eigenvalue weighted by Gasteiger charge is 2.48. The first kappa shape index (κ1) is 50.2. The van der Waals surface area contributed by atoms with E-state index >= 15 is 0 Å². The fraction of sp³-hybridized carbons (Fsp3) is 0.562. The van der Waals surface area contributed by atoms with E-state index in [0.717, 1.165) is 12.8 Å². The van der Waals surface area contributed by atoms with Crippen LogP contribution in [0.15, 0.2) is 70.1 Å². The number of benzene rings is 2. The second-order valence-electron chi connectivity index (χ2n) is 21.6. The van der Waals surface area contributed by atoms with Gasteiger partial charge in [-0.2, -0.15) is 0 Å². The summed E-state index contributed by atoms with van der Waals surface area (Å²) in [5.74, 6) is 0. The molecule has 68 heavy (non-hydrogen) atoms. The Morgan fingerprint density at radius 3 is 0.971 bits per heavy atom. The monoisotopic (exact) mass is 981 g/mol. The summed E-state index contributed by atoms with van der Waals surface area (Å²) in [6.45, 7) is 9.37. The predicted octanol–water partition coefficient (Wildman–Crippen LogP) is 22.3. The summed E-state index contributed by atoms with van der Waals surface area (Å²) in [5, 5.41) is 9.32. The van der Waals surface area contributed by atoms with E-state index in [9.17, 15) is 0 Å². The molecule has 0 atom stereocenters. The van der Waals surface area contributed by atoms with E-state index in [1.54, 1.807) is 43.1 Å². The van der Waals surface area contributed by atoms with Crippen LogP contribution in [0.4, 0.5) is 0 Å². The molecule has 0 nitrogen and oxygen atoms in total. The molecule has 0 unspecified atom stereocenters. The Balaban J connectivity index is 0.000000261. The molecule has 0 saturated carbocycles. The number of hydrogen-bond acceptors (Lipinski definition) is 4. The van der Waals surface area contributed by atoms with Crippen LogP contribution >= 0.6 is 45.3 Å². The highest BCUT2D eigenvalue weighted by Crippen LogP contribution is 2.63. The minimum atomic E-state index is 0.205. The van der Waals surface area contributed by atoms with Crippen molar-refractivity contribution in [2.45, 2.75) is 231 Å². The summed E-state index contributed by atoms with van der Waals surface area (Å²) in [5.41, 5.74) is 19.6. The van der Waals surface area contributed by atoms with Crippen molar-refractivity contribution in [3.63, 3.8) is 0 Å². The van der Waals surface area contributed by atoms with Gasteiger partial charge in [0.2, 0.25) is 0 Å². The maximum Gasteiger partial charge on any atom is 0.0387 e. The summed E-state index contributed by atoms with van der Waals surface area (Å²) in [6, 6.07) is 20.2. The second kappa shape index (κ2) is 24.1.